The van der Waals surface area contributed by atoms with Gasteiger partial charge in [0.25, 0.3) is 5.89 Å². The fourth-order valence-corrected chi connectivity index (χ4v) is 2.46. The molecular formula is C16H17FN4O3. The molecule has 0 atom stereocenters. The topological polar surface area (TPSA) is 78.7 Å². The lowest BCUT2D eigenvalue weighted by Gasteiger charge is -2.20. The molecule has 0 spiro atoms. The van der Waals surface area contributed by atoms with Crippen molar-refractivity contribution < 1.29 is 18.4 Å². The van der Waals surface area contributed by atoms with Gasteiger partial charge in [-0.15, -0.1) is 0 Å². The Bertz CT molecular complexity index is 764. The highest BCUT2D eigenvalue weighted by Crippen LogP contribution is 2.24. The number of oxazole rings is 1. The third kappa shape index (κ3) is 3.22. The van der Waals surface area contributed by atoms with Crippen molar-refractivity contribution in [3.05, 3.63) is 53.0 Å². The maximum Gasteiger partial charge on any atom is 0.320 e. The van der Waals surface area contributed by atoms with E-state index in [9.17, 15) is 14.0 Å². The van der Waals surface area contributed by atoms with Gasteiger partial charge in [-0.25, -0.2) is 14.2 Å². The molecule has 0 saturated heterocycles. The minimum Gasteiger partial charge on any atom is -0.435 e. The number of hydrogen-bond acceptors (Lipinski definition) is 4. The summed E-state index contributed by atoms with van der Waals surface area (Å²) in [4.78, 5) is 31.2. The molecule has 0 saturated carbocycles. The minimum atomic E-state index is -0.473. The first-order valence-corrected chi connectivity index (χ1v) is 7.41. The first kappa shape index (κ1) is 16.0. The van der Waals surface area contributed by atoms with Crippen LogP contribution in [0.5, 0.6) is 0 Å². The van der Waals surface area contributed by atoms with Gasteiger partial charge < -0.3 is 19.5 Å². The van der Waals surface area contributed by atoms with E-state index in [1.54, 1.807) is 31.1 Å². The average Bonchev–Trinajstić information content (AvgIpc) is 3.10. The molecule has 0 fully saturated rings. The Morgan fingerprint density at radius 3 is 2.83 bits per heavy atom. The van der Waals surface area contributed by atoms with E-state index in [-0.39, 0.29) is 30.8 Å². The highest BCUT2D eigenvalue weighted by atomic mass is 19.1. The Hall–Kier alpha value is -2.90. The third-order valence-corrected chi connectivity index (χ3v) is 3.64. The summed E-state index contributed by atoms with van der Waals surface area (Å²) in [5, 5.41) is 2.63. The summed E-state index contributed by atoms with van der Waals surface area (Å²) in [5.74, 6) is -0.365. The van der Waals surface area contributed by atoms with Crippen LogP contribution in [0.25, 0.3) is 0 Å². The Morgan fingerprint density at radius 2 is 2.17 bits per heavy atom. The second-order valence-electron chi connectivity index (χ2n) is 5.73. The Labute approximate surface area is 138 Å². The van der Waals surface area contributed by atoms with Gasteiger partial charge in [-0.1, -0.05) is 12.1 Å². The highest BCUT2D eigenvalue weighted by Gasteiger charge is 2.30. The number of benzene rings is 1. The van der Waals surface area contributed by atoms with Crippen molar-refractivity contribution in [1.29, 1.82) is 0 Å². The van der Waals surface area contributed by atoms with E-state index in [0.717, 1.165) is 0 Å². The first-order chi connectivity index (χ1) is 11.4. The van der Waals surface area contributed by atoms with Gasteiger partial charge in [0.1, 0.15) is 17.3 Å². The van der Waals surface area contributed by atoms with Crippen LogP contribution in [0.2, 0.25) is 0 Å². The van der Waals surface area contributed by atoms with E-state index in [1.807, 2.05) is 0 Å². The summed E-state index contributed by atoms with van der Waals surface area (Å²) < 4.78 is 18.6. The molecule has 3 rings (SSSR count). The molecular weight excluding hydrogens is 315 g/mol. The van der Waals surface area contributed by atoms with Crippen LogP contribution in [-0.4, -0.2) is 40.8 Å². The molecule has 8 heteroatoms. The lowest BCUT2D eigenvalue weighted by atomic mass is 10.2. The molecule has 0 unspecified atom stereocenters. The zero-order chi connectivity index (χ0) is 17.3. The normalized spacial score (nSPS) is 12.9. The molecule has 0 bridgehead atoms. The molecule has 3 amide bonds. The Kier molecular flexibility index (Phi) is 4.20. The molecule has 2 heterocycles. The van der Waals surface area contributed by atoms with Gasteiger partial charge in [0.2, 0.25) is 0 Å². The number of fused-ring (bicyclic) bond motifs is 1. The molecule has 126 valence electrons. The Morgan fingerprint density at radius 1 is 1.38 bits per heavy atom. The number of carbonyl (C=O) groups is 2. The summed E-state index contributed by atoms with van der Waals surface area (Å²) in [6.07, 6.45) is 0. The number of nitrogens with zero attached hydrogens (tertiary/aromatic N) is 3. The predicted molar refractivity (Wildman–Crippen MR) is 82.4 cm³/mol. The molecule has 2 aromatic rings. The molecule has 1 aliphatic heterocycles. The van der Waals surface area contributed by atoms with Crippen molar-refractivity contribution in [2.45, 2.75) is 19.6 Å². The maximum absolute atomic E-state index is 13.1. The fourth-order valence-electron chi connectivity index (χ4n) is 2.46. The van der Waals surface area contributed by atoms with Crippen LogP contribution in [0.4, 0.5) is 9.18 Å². The summed E-state index contributed by atoms with van der Waals surface area (Å²) in [6, 6.07) is 5.84. The third-order valence-electron chi connectivity index (χ3n) is 3.64. The van der Waals surface area contributed by atoms with Gasteiger partial charge in [-0.3, -0.25) is 4.79 Å². The second kappa shape index (κ2) is 6.31. The van der Waals surface area contributed by atoms with Crippen LogP contribution in [0.15, 0.2) is 28.7 Å². The number of amides is 3. The molecule has 0 aliphatic carbocycles. The van der Waals surface area contributed by atoms with E-state index < -0.39 is 5.91 Å². The van der Waals surface area contributed by atoms with Crippen molar-refractivity contribution in [2.24, 2.45) is 0 Å². The molecule has 1 aromatic heterocycles. The molecule has 1 N–H and O–H groups in total. The van der Waals surface area contributed by atoms with Crippen LogP contribution >= 0.6 is 0 Å². The van der Waals surface area contributed by atoms with Crippen LogP contribution in [0.1, 0.15) is 27.7 Å². The standard InChI is InChI=1S/C16H17FN4O3/c1-20(2)16(23)21-8-12-13(9-21)24-15(19-12)14(22)18-7-10-4-3-5-11(17)6-10/h3-6H,7-9H2,1-2H3,(H,18,22). The van der Waals surface area contributed by atoms with E-state index in [2.05, 4.69) is 10.3 Å². The van der Waals surface area contributed by atoms with Crippen LogP contribution in [0.3, 0.4) is 0 Å². The zero-order valence-electron chi connectivity index (χ0n) is 13.4. The average molecular weight is 332 g/mol. The van der Waals surface area contributed by atoms with E-state index in [0.29, 0.717) is 23.6 Å². The maximum atomic E-state index is 13.1. The van der Waals surface area contributed by atoms with Gasteiger partial charge in [0.15, 0.2) is 0 Å². The van der Waals surface area contributed by atoms with Gasteiger partial charge in [0, 0.05) is 20.6 Å². The fraction of sp³-hybridized carbons (Fsp3) is 0.312. The van der Waals surface area contributed by atoms with Crippen molar-refractivity contribution >= 4 is 11.9 Å². The largest absolute Gasteiger partial charge is 0.435 e. The number of nitrogens with one attached hydrogen (secondary N) is 1. The second-order valence-corrected chi connectivity index (χ2v) is 5.73. The number of halogens is 1. The van der Waals surface area contributed by atoms with E-state index in [1.165, 1.54) is 17.0 Å². The molecule has 1 aliphatic rings. The number of urea groups is 1. The van der Waals surface area contributed by atoms with Gasteiger partial charge in [0.05, 0.1) is 13.1 Å². The number of hydrogen-bond donors (Lipinski definition) is 1. The molecule has 1 aromatic carbocycles. The highest BCUT2D eigenvalue weighted by molar-refractivity contribution is 5.89. The molecule has 0 radical (unpaired) electrons. The van der Waals surface area contributed by atoms with Crippen molar-refractivity contribution in [3.8, 4) is 0 Å². The number of carbonyl (C=O) groups excluding carboxylic acids is 2. The SMILES string of the molecule is CN(C)C(=O)N1Cc2nc(C(=O)NCc3cccc(F)c3)oc2C1. The monoisotopic (exact) mass is 332 g/mol. The zero-order valence-corrected chi connectivity index (χ0v) is 13.4. The lowest BCUT2D eigenvalue weighted by Crippen LogP contribution is -2.35. The first-order valence-electron chi connectivity index (χ1n) is 7.41. The summed E-state index contributed by atoms with van der Waals surface area (Å²) in [7, 11) is 3.34. The van der Waals surface area contributed by atoms with E-state index >= 15 is 0 Å². The quantitative estimate of drug-likeness (QED) is 0.929. The lowest BCUT2D eigenvalue weighted by molar-refractivity contribution is 0.0912. The minimum absolute atomic E-state index is 0.0478. The van der Waals surface area contributed by atoms with Crippen molar-refractivity contribution in [3.63, 3.8) is 0 Å². The molecule has 24 heavy (non-hydrogen) atoms. The Balaban J connectivity index is 1.61. The van der Waals surface area contributed by atoms with Gasteiger partial charge in [-0.05, 0) is 17.7 Å². The van der Waals surface area contributed by atoms with Crippen LogP contribution in [-0.2, 0) is 19.6 Å². The van der Waals surface area contributed by atoms with Gasteiger partial charge >= 0.3 is 11.9 Å². The predicted octanol–water partition coefficient (Wildman–Crippen LogP) is 1.74. The van der Waals surface area contributed by atoms with Crippen LogP contribution in [0, 0.1) is 5.82 Å². The summed E-state index contributed by atoms with van der Waals surface area (Å²) >= 11 is 0. The van der Waals surface area contributed by atoms with Crippen LogP contribution < -0.4 is 5.32 Å². The van der Waals surface area contributed by atoms with Gasteiger partial charge in [-0.2, -0.15) is 0 Å². The van der Waals surface area contributed by atoms with Crippen molar-refractivity contribution in [2.75, 3.05) is 14.1 Å². The van der Waals surface area contributed by atoms with E-state index in [4.69, 9.17) is 4.42 Å². The number of rotatable bonds is 3. The van der Waals surface area contributed by atoms with Crippen molar-refractivity contribution in [1.82, 2.24) is 20.1 Å². The molecule has 7 nitrogen and oxygen atoms in total. The smallest absolute Gasteiger partial charge is 0.320 e. The summed E-state index contributed by atoms with van der Waals surface area (Å²) in [6.45, 7) is 0.776. The summed E-state index contributed by atoms with van der Waals surface area (Å²) in [5.41, 5.74) is 1.23. The number of aromatic nitrogens is 1.